The van der Waals surface area contributed by atoms with Gasteiger partial charge in [0.25, 0.3) is 0 Å². The van der Waals surface area contributed by atoms with E-state index in [-0.39, 0.29) is 42.3 Å². The molecule has 3 aromatic heterocycles. The van der Waals surface area contributed by atoms with Crippen LogP contribution in [0.2, 0.25) is 0 Å². The molecule has 10 rings (SSSR count). The van der Waals surface area contributed by atoms with Crippen LogP contribution in [0.5, 0.6) is 5.75 Å². The Morgan fingerprint density at radius 2 is 1.83 bits per heavy atom. The molecule has 4 aliphatic heterocycles. The number of anilines is 1. The summed E-state index contributed by atoms with van der Waals surface area (Å²) in [6.07, 6.45) is 2.41. The third kappa shape index (κ3) is 4.56. The zero-order valence-corrected chi connectivity index (χ0v) is 29.8. The van der Waals surface area contributed by atoms with Crippen molar-refractivity contribution < 1.29 is 28.3 Å². The number of carbonyl (C=O) groups is 2. The van der Waals surface area contributed by atoms with Gasteiger partial charge in [-0.15, -0.1) is 0 Å². The van der Waals surface area contributed by atoms with E-state index in [9.17, 15) is 14.7 Å². The van der Waals surface area contributed by atoms with Crippen molar-refractivity contribution in [2.45, 2.75) is 70.7 Å². The molecule has 0 saturated carbocycles. The van der Waals surface area contributed by atoms with Gasteiger partial charge in [0.1, 0.15) is 23.3 Å². The summed E-state index contributed by atoms with van der Waals surface area (Å²) in [6, 6.07) is 17.8. The number of hydrogen-bond donors (Lipinski definition) is 4. The van der Waals surface area contributed by atoms with Crippen molar-refractivity contribution in [3.63, 3.8) is 0 Å². The number of rotatable bonds is 6. The Bertz CT molecular complexity index is 2490. The molecule has 4 aliphatic rings. The Kier molecular flexibility index (Phi) is 6.89. The molecule has 5 atom stereocenters. The average molecular weight is 710 g/mol. The van der Waals surface area contributed by atoms with Gasteiger partial charge in [0.2, 0.25) is 17.7 Å². The molecular weight excluding hydrogens is 670 g/mol. The number of H-pyrrole nitrogens is 1. The van der Waals surface area contributed by atoms with Gasteiger partial charge in [-0.2, -0.15) is 0 Å². The van der Waals surface area contributed by atoms with Crippen molar-refractivity contribution in [3.8, 4) is 39.8 Å². The van der Waals surface area contributed by atoms with E-state index in [1.165, 1.54) is 0 Å². The summed E-state index contributed by atoms with van der Waals surface area (Å²) in [7, 11) is 0. The fraction of sp³-hybridized carbons (Fsp3) is 0.333. The van der Waals surface area contributed by atoms with E-state index in [1.807, 2.05) is 52.1 Å². The van der Waals surface area contributed by atoms with Crippen LogP contribution in [-0.2, 0) is 21.4 Å². The van der Waals surface area contributed by atoms with Crippen molar-refractivity contribution in [2.75, 3.05) is 5.32 Å². The first-order chi connectivity index (χ1) is 25.6. The molecule has 7 heterocycles. The number of para-hydroxylation sites is 1. The fourth-order valence-corrected chi connectivity index (χ4v) is 8.93. The highest BCUT2D eigenvalue weighted by Crippen LogP contribution is 2.61. The minimum Gasteiger partial charge on any atom is -0.469 e. The smallest absolute Gasteiger partial charge is 0.249 e. The number of hydrogen-bond acceptors (Lipinski definition) is 9. The maximum absolute atomic E-state index is 14.3. The lowest BCUT2D eigenvalue weighted by Crippen LogP contribution is -2.40. The van der Waals surface area contributed by atoms with Crippen molar-refractivity contribution in [1.82, 2.24) is 20.3 Å². The number of benzene rings is 3. The second-order valence-corrected chi connectivity index (χ2v) is 15.6. The number of aliphatic hydroxyl groups is 1. The number of aliphatic hydroxyl groups excluding tert-OH is 1. The molecule has 4 N–H and O–H groups in total. The number of carbonyl (C=O) groups excluding carboxylic acids is 2. The second kappa shape index (κ2) is 11.4. The Morgan fingerprint density at radius 3 is 2.66 bits per heavy atom. The lowest BCUT2D eigenvalue weighted by atomic mass is 9.72. The summed E-state index contributed by atoms with van der Waals surface area (Å²) in [6.45, 7) is 7.90. The summed E-state index contributed by atoms with van der Waals surface area (Å²) < 4.78 is 20.5. The molecule has 3 aromatic carbocycles. The number of Topliss-reactive ketones (excluding diaryl/α,β-unsaturated/α-hetero) is 1. The quantitative estimate of drug-likeness (QED) is 0.140. The van der Waals surface area contributed by atoms with Crippen LogP contribution in [0.1, 0.15) is 74.9 Å². The van der Waals surface area contributed by atoms with Crippen LogP contribution in [0.3, 0.4) is 0 Å². The largest absolute Gasteiger partial charge is 0.469 e. The molecule has 53 heavy (non-hydrogen) atoms. The van der Waals surface area contributed by atoms with E-state index in [0.29, 0.717) is 35.3 Å². The summed E-state index contributed by atoms with van der Waals surface area (Å²) in [5, 5.41) is 18.8. The fourth-order valence-electron chi connectivity index (χ4n) is 8.93. The maximum atomic E-state index is 14.3. The molecule has 11 heteroatoms. The van der Waals surface area contributed by atoms with E-state index >= 15 is 0 Å². The summed E-state index contributed by atoms with van der Waals surface area (Å²) >= 11 is 0. The van der Waals surface area contributed by atoms with Gasteiger partial charge in [-0.05, 0) is 47.9 Å². The molecule has 268 valence electrons. The van der Waals surface area contributed by atoms with Crippen LogP contribution in [0, 0.1) is 17.8 Å². The molecule has 2 unspecified atom stereocenters. The first-order valence-electron chi connectivity index (χ1n) is 18.4. The van der Waals surface area contributed by atoms with Gasteiger partial charge in [0.15, 0.2) is 29.2 Å². The summed E-state index contributed by atoms with van der Waals surface area (Å²) in [5.74, 6) is 0.918. The van der Waals surface area contributed by atoms with Crippen LogP contribution in [0.4, 0.5) is 5.69 Å². The van der Waals surface area contributed by atoms with E-state index in [0.717, 1.165) is 50.0 Å². The van der Waals surface area contributed by atoms with Gasteiger partial charge in [0.05, 0.1) is 6.20 Å². The highest BCUT2D eigenvalue weighted by molar-refractivity contribution is 6.07. The SMILES string of the molecule is CC(C)C[C@H](O)C(=O)CC1Cc2ccc3c(c2)[C@]24c5cccc(c5NC2O3)-c2cccc3[nH]cc(c23)-c2cnc(o2)-c2nc(oc24)[C@H](C(C)C)NC1=O. The van der Waals surface area contributed by atoms with Gasteiger partial charge in [-0.3, -0.25) is 9.59 Å². The van der Waals surface area contributed by atoms with Crippen molar-refractivity contribution in [1.29, 1.82) is 0 Å². The number of fused-ring (bicyclic) bond motifs is 7. The number of amides is 1. The molecule has 0 saturated heterocycles. The number of oxazole rings is 2. The summed E-state index contributed by atoms with van der Waals surface area (Å²) in [4.78, 5) is 41.0. The van der Waals surface area contributed by atoms with Crippen molar-refractivity contribution in [2.24, 2.45) is 17.8 Å². The average Bonchev–Trinajstić information content (AvgIpc) is 3.95. The van der Waals surface area contributed by atoms with Crippen LogP contribution >= 0.6 is 0 Å². The highest BCUT2D eigenvalue weighted by Gasteiger charge is 2.61. The molecule has 1 amide bonds. The number of nitrogens with zero attached hydrogens (tertiary/aromatic N) is 2. The van der Waals surface area contributed by atoms with Crippen molar-refractivity contribution >= 4 is 28.3 Å². The number of nitrogens with one attached hydrogen (secondary N) is 3. The Labute approximate surface area is 305 Å². The van der Waals surface area contributed by atoms with Crippen LogP contribution in [0.15, 0.2) is 75.8 Å². The Morgan fingerprint density at radius 1 is 1.00 bits per heavy atom. The molecule has 0 radical (unpaired) electrons. The molecule has 1 spiro atoms. The zero-order chi connectivity index (χ0) is 36.3. The van der Waals surface area contributed by atoms with E-state index in [2.05, 4.69) is 52.0 Å². The van der Waals surface area contributed by atoms with Gasteiger partial charge in [-0.25, -0.2) is 9.97 Å². The van der Waals surface area contributed by atoms with Gasteiger partial charge >= 0.3 is 0 Å². The molecule has 10 bridgehead atoms. The normalized spacial score (nSPS) is 22.5. The molecule has 0 fully saturated rings. The Balaban J connectivity index is 1.25. The lowest BCUT2D eigenvalue weighted by molar-refractivity contribution is -0.134. The Hall–Kier alpha value is -5.68. The number of aromatic nitrogens is 3. The first kappa shape index (κ1) is 32.0. The predicted octanol–water partition coefficient (Wildman–Crippen LogP) is 7.29. The summed E-state index contributed by atoms with van der Waals surface area (Å²) in [5.41, 5.74) is 6.81. The minimum atomic E-state index is -1.14. The van der Waals surface area contributed by atoms with Crippen LogP contribution < -0.4 is 15.4 Å². The van der Waals surface area contributed by atoms with Gasteiger partial charge < -0.3 is 34.3 Å². The standard InChI is InChI=1S/C42H39N5O6/c1-19(2)13-29(48)30(49)16-22-14-21-11-12-31-27(15-21)42-26-9-5-8-24(35(26)47-41(42)52-31)23-7-6-10-28-33(23)25(17-43-28)32-18-44-39(51-32)36-37(42)53-40(46-36)34(20(3)4)45-38(22)50/h5-12,15,17-20,22,29,34,41,43,47-48H,13-14,16H2,1-4H3,(H,45,50)/t22?,29-,34-,41?,42-/m0/s1. The third-order valence-corrected chi connectivity index (χ3v) is 11.4. The number of aromatic amines is 1. The molecule has 0 aliphatic carbocycles. The van der Waals surface area contributed by atoms with Gasteiger partial charge in [0, 0.05) is 57.4 Å². The first-order valence-corrected chi connectivity index (χ1v) is 18.4. The van der Waals surface area contributed by atoms with E-state index in [1.54, 1.807) is 6.20 Å². The minimum absolute atomic E-state index is 0.104. The molecule has 11 nitrogen and oxygen atoms in total. The van der Waals surface area contributed by atoms with Crippen LogP contribution in [0.25, 0.3) is 44.9 Å². The second-order valence-electron chi connectivity index (χ2n) is 15.6. The molecular formula is C42H39N5O6. The third-order valence-electron chi connectivity index (χ3n) is 11.4. The van der Waals surface area contributed by atoms with Crippen LogP contribution in [-0.4, -0.2) is 44.1 Å². The van der Waals surface area contributed by atoms with E-state index < -0.39 is 29.7 Å². The highest BCUT2D eigenvalue weighted by atomic mass is 16.5. The topological polar surface area (TPSA) is 156 Å². The monoisotopic (exact) mass is 709 g/mol. The lowest BCUT2D eigenvalue weighted by Gasteiger charge is -2.28. The van der Waals surface area contributed by atoms with Crippen molar-refractivity contribution in [3.05, 3.63) is 95.3 Å². The molecule has 6 aromatic rings. The zero-order valence-electron chi connectivity index (χ0n) is 29.8. The number of ketones is 1. The maximum Gasteiger partial charge on any atom is 0.249 e. The predicted molar refractivity (Wildman–Crippen MR) is 197 cm³/mol. The van der Waals surface area contributed by atoms with E-state index in [4.69, 9.17) is 23.5 Å². The number of ether oxygens (including phenoxy) is 1. The van der Waals surface area contributed by atoms with Gasteiger partial charge in [-0.1, -0.05) is 70.2 Å².